The van der Waals surface area contributed by atoms with Gasteiger partial charge < -0.3 is 31.7 Å². The van der Waals surface area contributed by atoms with Crippen molar-refractivity contribution in [1.29, 1.82) is 0 Å². The average molecular weight is 364 g/mol. The van der Waals surface area contributed by atoms with Gasteiger partial charge in [-0.1, -0.05) is 13.8 Å². The highest BCUT2D eigenvalue weighted by molar-refractivity contribution is 5.84. The quantitative estimate of drug-likeness (QED) is 0.439. The Balaban J connectivity index is 1.86. The number of nitrogen functional groups attached to an aromatic ring is 1. The number of nitrogens with two attached hydrogens (primary N) is 2. The summed E-state index contributed by atoms with van der Waals surface area (Å²) in [6, 6.07) is 0.0790. The van der Waals surface area contributed by atoms with Crippen LogP contribution in [0.15, 0.2) is 18.6 Å². The molecule has 0 bridgehead atoms. The highest BCUT2D eigenvalue weighted by Crippen LogP contribution is 2.32. The fraction of sp³-hybridized carbons (Fsp3) is 0.562. The standard InChI is InChI=1S/C16H24N6O4/c1-7(2)10(18)15(25)21-12-9(5-23)26-16(13(12)24)22-6-20-11-8(17)3-4-19-14(11)22/h3-4,6-7,9-10,12-13,16,23-24H,5,18H2,1-2H3,(H2,17,19)(H,21,25)/t9-,10?,12?,13+,16-/m1/s1. The molecule has 5 atom stereocenters. The van der Waals surface area contributed by atoms with Crippen LogP contribution in [0.4, 0.5) is 5.69 Å². The van der Waals surface area contributed by atoms with Gasteiger partial charge in [0.25, 0.3) is 0 Å². The number of hydrogen-bond donors (Lipinski definition) is 5. The molecule has 1 aliphatic heterocycles. The molecule has 26 heavy (non-hydrogen) atoms. The number of nitrogens with zero attached hydrogens (tertiary/aromatic N) is 3. The van der Waals surface area contributed by atoms with Crippen LogP contribution in [-0.2, 0) is 9.53 Å². The van der Waals surface area contributed by atoms with Gasteiger partial charge in [0.2, 0.25) is 5.91 Å². The van der Waals surface area contributed by atoms with Crippen molar-refractivity contribution in [1.82, 2.24) is 19.9 Å². The van der Waals surface area contributed by atoms with E-state index in [1.807, 2.05) is 13.8 Å². The van der Waals surface area contributed by atoms with E-state index < -0.39 is 36.4 Å². The highest BCUT2D eigenvalue weighted by atomic mass is 16.5. The fourth-order valence-electron chi connectivity index (χ4n) is 3.01. The van der Waals surface area contributed by atoms with Crippen LogP contribution in [0.25, 0.3) is 11.2 Å². The van der Waals surface area contributed by atoms with Gasteiger partial charge in [-0.25, -0.2) is 9.97 Å². The molecule has 7 N–H and O–H groups in total. The molecule has 142 valence electrons. The molecule has 1 amide bonds. The smallest absolute Gasteiger partial charge is 0.237 e. The lowest BCUT2D eigenvalue weighted by atomic mass is 10.0. The van der Waals surface area contributed by atoms with Gasteiger partial charge in [-0.05, 0) is 12.0 Å². The van der Waals surface area contributed by atoms with E-state index in [4.69, 9.17) is 16.2 Å². The van der Waals surface area contributed by atoms with Crippen LogP contribution in [0, 0.1) is 5.92 Å². The van der Waals surface area contributed by atoms with E-state index in [9.17, 15) is 15.0 Å². The Kier molecular flexibility index (Phi) is 5.10. The van der Waals surface area contributed by atoms with E-state index in [-0.39, 0.29) is 12.5 Å². The van der Waals surface area contributed by atoms with E-state index in [1.54, 1.807) is 6.07 Å². The van der Waals surface area contributed by atoms with E-state index in [0.29, 0.717) is 16.9 Å². The number of rotatable bonds is 5. The first-order chi connectivity index (χ1) is 12.3. The van der Waals surface area contributed by atoms with Gasteiger partial charge in [0.15, 0.2) is 11.9 Å². The van der Waals surface area contributed by atoms with E-state index in [1.165, 1.54) is 17.1 Å². The zero-order valence-electron chi connectivity index (χ0n) is 14.6. The lowest BCUT2D eigenvalue weighted by Crippen LogP contribution is -2.54. The van der Waals surface area contributed by atoms with Crippen molar-refractivity contribution in [3.8, 4) is 0 Å². The molecule has 0 saturated carbocycles. The van der Waals surface area contributed by atoms with Gasteiger partial charge in [-0.3, -0.25) is 9.36 Å². The predicted octanol–water partition coefficient (Wildman–Crippen LogP) is -1.27. The van der Waals surface area contributed by atoms with Crippen LogP contribution in [0.1, 0.15) is 20.1 Å². The van der Waals surface area contributed by atoms with Crippen LogP contribution in [0.3, 0.4) is 0 Å². The Morgan fingerprint density at radius 1 is 1.46 bits per heavy atom. The molecule has 10 heteroatoms. The maximum Gasteiger partial charge on any atom is 0.237 e. The maximum absolute atomic E-state index is 12.3. The summed E-state index contributed by atoms with van der Waals surface area (Å²) in [6.07, 6.45) is 0.183. The number of anilines is 1. The number of aliphatic hydroxyl groups is 2. The first-order valence-corrected chi connectivity index (χ1v) is 8.42. The Morgan fingerprint density at radius 3 is 2.85 bits per heavy atom. The second-order valence-corrected chi connectivity index (χ2v) is 6.77. The molecular weight excluding hydrogens is 340 g/mol. The normalized spacial score (nSPS) is 27.2. The number of carbonyl (C=O) groups is 1. The molecule has 1 fully saturated rings. The van der Waals surface area contributed by atoms with Gasteiger partial charge in [0, 0.05) is 6.20 Å². The average Bonchev–Trinajstić information content (AvgIpc) is 3.17. The van der Waals surface area contributed by atoms with Crippen LogP contribution >= 0.6 is 0 Å². The topological polar surface area (TPSA) is 162 Å². The van der Waals surface area contributed by atoms with E-state index >= 15 is 0 Å². The van der Waals surface area contributed by atoms with Gasteiger partial charge >= 0.3 is 0 Å². The largest absolute Gasteiger partial charge is 0.397 e. The lowest BCUT2D eigenvalue weighted by Gasteiger charge is -2.24. The molecule has 3 rings (SSSR count). The van der Waals surface area contributed by atoms with Gasteiger partial charge in [-0.2, -0.15) is 0 Å². The van der Waals surface area contributed by atoms with Crippen LogP contribution in [0.5, 0.6) is 0 Å². The number of aromatic nitrogens is 3. The molecule has 0 aliphatic carbocycles. The summed E-state index contributed by atoms with van der Waals surface area (Å²) >= 11 is 0. The molecule has 2 aromatic heterocycles. The summed E-state index contributed by atoms with van der Waals surface area (Å²) in [5.41, 5.74) is 13.1. The lowest BCUT2D eigenvalue weighted by molar-refractivity contribution is -0.125. The molecule has 0 aromatic carbocycles. The SMILES string of the molecule is CC(C)C(N)C(=O)NC1[C@@H](CO)O[C@@H](n2cnc3c(N)ccnc32)[C@H]1O. The number of carbonyl (C=O) groups excluding carboxylic acids is 1. The number of nitrogens with one attached hydrogen (secondary N) is 1. The Morgan fingerprint density at radius 2 is 2.19 bits per heavy atom. The fourth-order valence-corrected chi connectivity index (χ4v) is 3.01. The molecule has 0 spiro atoms. The third-order valence-corrected chi connectivity index (χ3v) is 4.65. The first kappa shape index (κ1) is 18.5. The maximum atomic E-state index is 12.3. The van der Waals surface area contributed by atoms with Crippen molar-refractivity contribution in [3.05, 3.63) is 18.6 Å². The number of aliphatic hydroxyl groups excluding tert-OH is 2. The molecule has 1 aliphatic rings. The zero-order chi connectivity index (χ0) is 19.0. The molecule has 0 radical (unpaired) electrons. The minimum Gasteiger partial charge on any atom is -0.397 e. The molecule has 2 aromatic rings. The Labute approximate surface area is 150 Å². The predicted molar refractivity (Wildman–Crippen MR) is 93.7 cm³/mol. The first-order valence-electron chi connectivity index (χ1n) is 8.42. The number of ether oxygens (including phenoxy) is 1. The zero-order valence-corrected chi connectivity index (χ0v) is 14.6. The number of amides is 1. The highest BCUT2D eigenvalue weighted by Gasteiger charge is 2.46. The minimum absolute atomic E-state index is 0.0670. The number of hydrogen-bond acceptors (Lipinski definition) is 8. The van der Waals surface area contributed by atoms with Gasteiger partial charge in [0.05, 0.1) is 30.7 Å². The molecule has 10 nitrogen and oxygen atoms in total. The summed E-state index contributed by atoms with van der Waals surface area (Å²) in [5.74, 6) is -0.479. The molecule has 3 heterocycles. The van der Waals surface area contributed by atoms with Crippen LogP contribution < -0.4 is 16.8 Å². The minimum atomic E-state index is -1.13. The van der Waals surface area contributed by atoms with Crippen LogP contribution in [0.2, 0.25) is 0 Å². The van der Waals surface area contributed by atoms with Gasteiger partial charge in [0.1, 0.15) is 17.7 Å². The third-order valence-electron chi connectivity index (χ3n) is 4.65. The second kappa shape index (κ2) is 7.16. The number of pyridine rings is 1. The summed E-state index contributed by atoms with van der Waals surface area (Å²) in [4.78, 5) is 20.7. The summed E-state index contributed by atoms with van der Waals surface area (Å²) < 4.78 is 7.29. The van der Waals surface area contributed by atoms with Crippen molar-refractivity contribution in [2.24, 2.45) is 11.7 Å². The summed E-state index contributed by atoms with van der Waals surface area (Å²) in [5, 5.41) is 23.0. The van der Waals surface area contributed by atoms with Crippen molar-refractivity contribution < 1.29 is 19.7 Å². The second-order valence-electron chi connectivity index (χ2n) is 6.77. The summed E-state index contributed by atoms with van der Waals surface area (Å²) in [7, 11) is 0. The number of fused-ring (bicyclic) bond motifs is 1. The molecular formula is C16H24N6O4. The molecule has 2 unspecified atom stereocenters. The Hall–Kier alpha value is -2.27. The summed E-state index contributed by atoms with van der Waals surface area (Å²) in [6.45, 7) is 3.27. The Bertz CT molecular complexity index is 794. The van der Waals surface area contributed by atoms with Crippen LogP contribution in [-0.4, -0.2) is 61.6 Å². The van der Waals surface area contributed by atoms with Crippen molar-refractivity contribution in [3.63, 3.8) is 0 Å². The van der Waals surface area contributed by atoms with Gasteiger partial charge in [-0.15, -0.1) is 0 Å². The van der Waals surface area contributed by atoms with E-state index in [0.717, 1.165) is 0 Å². The van der Waals surface area contributed by atoms with E-state index in [2.05, 4.69) is 15.3 Å². The van der Waals surface area contributed by atoms with Crippen molar-refractivity contribution in [2.75, 3.05) is 12.3 Å². The van der Waals surface area contributed by atoms with Crippen molar-refractivity contribution in [2.45, 2.75) is 44.4 Å². The third kappa shape index (κ3) is 3.12. The van der Waals surface area contributed by atoms with Crippen molar-refractivity contribution >= 4 is 22.8 Å². The number of imidazole rings is 1. The molecule has 1 saturated heterocycles. The monoisotopic (exact) mass is 364 g/mol.